The van der Waals surface area contributed by atoms with Gasteiger partial charge in [0.05, 0.1) is 7.11 Å². The molecule has 0 bridgehead atoms. The molecule has 1 unspecified atom stereocenters. The summed E-state index contributed by atoms with van der Waals surface area (Å²) < 4.78 is 5.35. The van der Waals surface area contributed by atoms with Crippen LogP contribution in [0.5, 0.6) is 5.75 Å². The average molecular weight is 250 g/mol. The van der Waals surface area contributed by atoms with E-state index in [0.29, 0.717) is 6.04 Å². The maximum atomic E-state index is 5.35. The van der Waals surface area contributed by atoms with Crippen molar-refractivity contribution >= 4 is 0 Å². The van der Waals surface area contributed by atoms with Crippen molar-refractivity contribution in [3.8, 4) is 5.75 Å². The van der Waals surface area contributed by atoms with Gasteiger partial charge >= 0.3 is 0 Å². The van der Waals surface area contributed by atoms with Crippen molar-refractivity contribution in [3.05, 3.63) is 29.8 Å². The Morgan fingerprint density at radius 2 is 2.06 bits per heavy atom. The molecule has 0 aliphatic heterocycles. The van der Waals surface area contributed by atoms with E-state index >= 15 is 0 Å². The van der Waals surface area contributed by atoms with E-state index in [-0.39, 0.29) is 0 Å². The number of nitrogens with zero attached hydrogens (tertiary/aromatic N) is 1. The molecule has 1 aromatic carbocycles. The fourth-order valence-electron chi connectivity index (χ4n) is 2.02. The van der Waals surface area contributed by atoms with Crippen molar-refractivity contribution < 1.29 is 4.74 Å². The zero-order chi connectivity index (χ0) is 13.4. The molecule has 0 fully saturated rings. The normalized spacial score (nSPS) is 12.7. The highest BCUT2D eigenvalue weighted by molar-refractivity contribution is 5.33. The van der Waals surface area contributed by atoms with Crippen LogP contribution in [-0.2, 0) is 6.42 Å². The van der Waals surface area contributed by atoms with Crippen molar-refractivity contribution in [2.24, 2.45) is 0 Å². The summed E-state index contributed by atoms with van der Waals surface area (Å²) in [6.07, 6.45) is 1.00. The first-order chi connectivity index (χ1) is 8.67. The Kier molecular flexibility index (Phi) is 6.76. The Bertz CT molecular complexity index is 341. The fourth-order valence-corrected chi connectivity index (χ4v) is 2.02. The lowest BCUT2D eigenvalue weighted by molar-refractivity contribution is 0.310. The van der Waals surface area contributed by atoms with Gasteiger partial charge in [-0.1, -0.05) is 25.1 Å². The van der Waals surface area contributed by atoms with E-state index < -0.39 is 0 Å². The van der Waals surface area contributed by atoms with Gasteiger partial charge in [0.15, 0.2) is 0 Å². The standard InChI is InChI=1S/C15H26N2O/c1-5-17(3)12-13(2)16-11-10-14-8-6-7-9-15(14)18-4/h6-9,13,16H,5,10-12H2,1-4H3. The molecule has 0 aliphatic carbocycles. The van der Waals surface area contributed by atoms with Gasteiger partial charge in [-0.3, -0.25) is 0 Å². The van der Waals surface area contributed by atoms with E-state index in [9.17, 15) is 0 Å². The summed E-state index contributed by atoms with van der Waals surface area (Å²) >= 11 is 0. The van der Waals surface area contributed by atoms with Crippen LogP contribution in [0.1, 0.15) is 19.4 Å². The summed E-state index contributed by atoms with van der Waals surface area (Å²) in [5.41, 5.74) is 1.27. The minimum Gasteiger partial charge on any atom is -0.496 e. The first kappa shape index (κ1) is 15.0. The second-order valence-corrected chi connectivity index (χ2v) is 4.77. The zero-order valence-corrected chi connectivity index (χ0v) is 12.1. The molecule has 3 heteroatoms. The second kappa shape index (κ2) is 8.11. The lowest BCUT2D eigenvalue weighted by Gasteiger charge is -2.20. The Hall–Kier alpha value is -1.06. The molecule has 3 nitrogen and oxygen atoms in total. The van der Waals surface area contributed by atoms with Crippen molar-refractivity contribution in [1.29, 1.82) is 0 Å². The monoisotopic (exact) mass is 250 g/mol. The molecule has 0 saturated carbocycles. The first-order valence-electron chi connectivity index (χ1n) is 6.71. The van der Waals surface area contributed by atoms with Crippen LogP contribution in [0.4, 0.5) is 0 Å². The lowest BCUT2D eigenvalue weighted by Crippen LogP contribution is -2.38. The van der Waals surface area contributed by atoms with Crippen molar-refractivity contribution in [2.75, 3.05) is 33.8 Å². The molecule has 0 amide bonds. The van der Waals surface area contributed by atoms with Crippen molar-refractivity contribution in [3.63, 3.8) is 0 Å². The van der Waals surface area contributed by atoms with E-state index in [1.807, 2.05) is 12.1 Å². The van der Waals surface area contributed by atoms with Gasteiger partial charge in [-0.25, -0.2) is 0 Å². The van der Waals surface area contributed by atoms with Crippen LogP contribution in [0.15, 0.2) is 24.3 Å². The van der Waals surface area contributed by atoms with E-state index in [1.165, 1.54) is 5.56 Å². The molecule has 0 radical (unpaired) electrons. The summed E-state index contributed by atoms with van der Waals surface area (Å²) in [5, 5.41) is 3.55. The maximum Gasteiger partial charge on any atom is 0.122 e. The molecule has 1 rings (SSSR count). The number of likely N-dealkylation sites (N-methyl/N-ethyl adjacent to an activating group) is 1. The van der Waals surface area contributed by atoms with Gasteiger partial charge in [0.1, 0.15) is 5.75 Å². The number of rotatable bonds is 8. The van der Waals surface area contributed by atoms with Crippen molar-refractivity contribution in [2.45, 2.75) is 26.3 Å². The minimum absolute atomic E-state index is 0.518. The highest BCUT2D eigenvalue weighted by Crippen LogP contribution is 2.17. The molecule has 102 valence electrons. The number of methoxy groups -OCH3 is 1. The molecule has 1 atom stereocenters. The van der Waals surface area contributed by atoms with Crippen LogP contribution in [0.25, 0.3) is 0 Å². The molecule has 0 aromatic heterocycles. The molecular weight excluding hydrogens is 224 g/mol. The lowest BCUT2D eigenvalue weighted by atomic mass is 10.1. The second-order valence-electron chi connectivity index (χ2n) is 4.77. The average Bonchev–Trinajstić information content (AvgIpc) is 2.39. The quantitative estimate of drug-likeness (QED) is 0.765. The molecule has 0 aliphatic rings. The molecule has 1 N–H and O–H groups in total. The molecule has 0 spiro atoms. The summed E-state index contributed by atoms with van der Waals surface area (Å²) in [5.74, 6) is 0.984. The Morgan fingerprint density at radius 1 is 1.33 bits per heavy atom. The molecule has 1 aromatic rings. The first-order valence-corrected chi connectivity index (χ1v) is 6.71. The molecule has 0 saturated heterocycles. The van der Waals surface area contributed by atoms with Crippen LogP contribution in [0.3, 0.4) is 0 Å². The Labute approximate surface area is 111 Å². The van der Waals surface area contributed by atoms with Crippen LogP contribution >= 0.6 is 0 Å². The van der Waals surface area contributed by atoms with Crippen LogP contribution in [0.2, 0.25) is 0 Å². The third kappa shape index (κ3) is 5.07. The molecule has 0 heterocycles. The molecular formula is C15H26N2O. The van der Waals surface area contributed by atoms with Gasteiger partial charge < -0.3 is 15.0 Å². The van der Waals surface area contributed by atoms with Crippen LogP contribution in [-0.4, -0.2) is 44.7 Å². The highest BCUT2D eigenvalue weighted by atomic mass is 16.5. The number of nitrogens with one attached hydrogen (secondary N) is 1. The Balaban J connectivity index is 2.32. The summed E-state index contributed by atoms with van der Waals surface area (Å²) in [4.78, 5) is 2.32. The topological polar surface area (TPSA) is 24.5 Å². The maximum absolute atomic E-state index is 5.35. The Morgan fingerprint density at radius 3 is 2.72 bits per heavy atom. The number of para-hydroxylation sites is 1. The van der Waals surface area contributed by atoms with Gasteiger partial charge in [0.2, 0.25) is 0 Å². The van der Waals surface area contributed by atoms with Crippen LogP contribution in [0, 0.1) is 0 Å². The minimum atomic E-state index is 0.518. The number of ether oxygens (including phenoxy) is 1. The molecule has 18 heavy (non-hydrogen) atoms. The third-order valence-corrected chi connectivity index (χ3v) is 3.21. The fraction of sp³-hybridized carbons (Fsp3) is 0.600. The van der Waals surface area contributed by atoms with Gasteiger partial charge in [-0.15, -0.1) is 0 Å². The van der Waals surface area contributed by atoms with Crippen LogP contribution < -0.4 is 10.1 Å². The number of hydrogen-bond acceptors (Lipinski definition) is 3. The van der Waals surface area contributed by atoms with E-state index in [2.05, 4.69) is 43.2 Å². The SMILES string of the molecule is CCN(C)CC(C)NCCc1ccccc1OC. The van der Waals surface area contributed by atoms with Crippen molar-refractivity contribution in [1.82, 2.24) is 10.2 Å². The van der Waals surface area contributed by atoms with Gasteiger partial charge in [0, 0.05) is 12.6 Å². The highest BCUT2D eigenvalue weighted by Gasteiger charge is 2.05. The number of benzene rings is 1. The summed E-state index contributed by atoms with van der Waals surface area (Å²) in [7, 11) is 3.88. The predicted octanol–water partition coefficient (Wildman–Crippen LogP) is 2.17. The van der Waals surface area contributed by atoms with Gasteiger partial charge in [0.25, 0.3) is 0 Å². The predicted molar refractivity (Wildman–Crippen MR) is 77.3 cm³/mol. The summed E-state index contributed by atoms with van der Waals surface area (Å²) in [6, 6.07) is 8.73. The smallest absolute Gasteiger partial charge is 0.122 e. The third-order valence-electron chi connectivity index (χ3n) is 3.21. The number of hydrogen-bond donors (Lipinski definition) is 1. The van der Waals surface area contributed by atoms with Gasteiger partial charge in [-0.05, 0) is 45.1 Å². The van der Waals surface area contributed by atoms with Gasteiger partial charge in [-0.2, -0.15) is 0 Å². The van der Waals surface area contributed by atoms with E-state index in [4.69, 9.17) is 4.74 Å². The van der Waals surface area contributed by atoms with E-state index in [1.54, 1.807) is 7.11 Å². The zero-order valence-electron chi connectivity index (χ0n) is 12.1. The summed E-state index contributed by atoms with van der Waals surface area (Å²) in [6.45, 7) is 7.58. The largest absolute Gasteiger partial charge is 0.496 e. The van der Waals surface area contributed by atoms with E-state index in [0.717, 1.165) is 31.8 Å².